The van der Waals surface area contributed by atoms with E-state index in [0.717, 1.165) is 18.4 Å². The average Bonchev–Trinajstić information content (AvgIpc) is 2.46. The molecule has 1 rings (SSSR count). The van der Waals surface area contributed by atoms with Crippen molar-refractivity contribution in [2.75, 3.05) is 6.61 Å². The molecule has 0 heterocycles. The summed E-state index contributed by atoms with van der Waals surface area (Å²) >= 11 is 0. The molecule has 0 saturated carbocycles. The van der Waals surface area contributed by atoms with Crippen LogP contribution in [0.3, 0.4) is 0 Å². The van der Waals surface area contributed by atoms with Crippen LogP contribution in [-0.4, -0.2) is 12.8 Å². The molecule has 0 bridgehead atoms. The van der Waals surface area contributed by atoms with Crippen LogP contribution in [0.1, 0.15) is 56.6 Å². The van der Waals surface area contributed by atoms with E-state index in [-0.39, 0.29) is 6.61 Å². The summed E-state index contributed by atoms with van der Waals surface area (Å²) in [5.41, 5.74) is 2.17. The number of rotatable bonds is 9. The minimum atomic E-state index is -0.570. The first-order valence-electron chi connectivity index (χ1n) is 7.57. The Hall–Kier alpha value is -1.51. The van der Waals surface area contributed by atoms with Crippen LogP contribution in [0.25, 0.3) is 0 Å². The smallest absolute Gasteiger partial charge is 0.434 e. The topological polar surface area (TPSA) is 35.5 Å². The molecule has 0 saturated heterocycles. The second-order valence-electron chi connectivity index (χ2n) is 5.14. The Kier molecular flexibility index (Phi) is 8.52. The lowest BCUT2D eigenvalue weighted by Crippen LogP contribution is -2.08. The lowest BCUT2D eigenvalue weighted by molar-refractivity contribution is 0.0487. The van der Waals surface area contributed by atoms with Gasteiger partial charge in [-0.15, -0.1) is 0 Å². The summed E-state index contributed by atoms with van der Waals surface area (Å²) in [6.07, 6.45) is 6.50. The number of benzene rings is 1. The van der Waals surface area contributed by atoms with Crippen molar-refractivity contribution in [3.05, 3.63) is 35.4 Å². The van der Waals surface area contributed by atoms with Gasteiger partial charge in [-0.1, -0.05) is 68.9 Å². The SMILES string of the molecule is CCCCCCCCOC(=O)OCc1ccc(C)cc1. The van der Waals surface area contributed by atoms with Gasteiger partial charge in [-0.25, -0.2) is 4.79 Å². The monoisotopic (exact) mass is 278 g/mol. The van der Waals surface area contributed by atoms with Crippen LogP contribution in [0.5, 0.6) is 0 Å². The molecule has 0 unspecified atom stereocenters. The van der Waals surface area contributed by atoms with Crippen molar-refractivity contribution in [1.29, 1.82) is 0 Å². The van der Waals surface area contributed by atoms with Crippen LogP contribution in [-0.2, 0) is 16.1 Å². The first-order valence-corrected chi connectivity index (χ1v) is 7.57. The largest absolute Gasteiger partial charge is 0.508 e. The second-order valence-corrected chi connectivity index (χ2v) is 5.14. The maximum atomic E-state index is 11.4. The van der Waals surface area contributed by atoms with E-state index in [1.807, 2.05) is 31.2 Å². The van der Waals surface area contributed by atoms with Gasteiger partial charge in [-0.2, -0.15) is 0 Å². The number of aryl methyl sites for hydroxylation is 1. The maximum Gasteiger partial charge on any atom is 0.508 e. The van der Waals surface area contributed by atoms with E-state index in [0.29, 0.717) is 6.61 Å². The van der Waals surface area contributed by atoms with E-state index >= 15 is 0 Å². The molecule has 0 spiro atoms. The third-order valence-electron chi connectivity index (χ3n) is 3.20. The van der Waals surface area contributed by atoms with Crippen molar-refractivity contribution in [3.8, 4) is 0 Å². The zero-order chi connectivity index (χ0) is 14.6. The van der Waals surface area contributed by atoms with Gasteiger partial charge in [0.2, 0.25) is 0 Å². The van der Waals surface area contributed by atoms with Gasteiger partial charge in [0.25, 0.3) is 0 Å². The Bertz CT molecular complexity index is 370. The molecule has 0 aliphatic rings. The van der Waals surface area contributed by atoms with Crippen molar-refractivity contribution in [1.82, 2.24) is 0 Å². The highest BCUT2D eigenvalue weighted by Crippen LogP contribution is 2.07. The van der Waals surface area contributed by atoms with Crippen molar-refractivity contribution < 1.29 is 14.3 Å². The van der Waals surface area contributed by atoms with Crippen LogP contribution >= 0.6 is 0 Å². The molecule has 0 fully saturated rings. The molecule has 3 heteroatoms. The Balaban J connectivity index is 2.01. The van der Waals surface area contributed by atoms with E-state index in [1.54, 1.807) is 0 Å². The number of unbranched alkanes of at least 4 members (excludes halogenated alkanes) is 5. The molecule has 0 aliphatic heterocycles. The molecule has 0 atom stereocenters. The summed E-state index contributed by atoms with van der Waals surface area (Å²) in [7, 11) is 0. The average molecular weight is 278 g/mol. The predicted molar refractivity (Wildman–Crippen MR) is 80.7 cm³/mol. The highest BCUT2D eigenvalue weighted by molar-refractivity contribution is 5.59. The van der Waals surface area contributed by atoms with Gasteiger partial charge in [0.1, 0.15) is 6.61 Å². The van der Waals surface area contributed by atoms with Gasteiger partial charge in [-0.3, -0.25) is 0 Å². The quantitative estimate of drug-likeness (QED) is 0.470. The van der Waals surface area contributed by atoms with Gasteiger partial charge >= 0.3 is 6.16 Å². The number of hydrogen-bond acceptors (Lipinski definition) is 3. The minimum Gasteiger partial charge on any atom is -0.434 e. The summed E-state index contributed by atoms with van der Waals surface area (Å²) in [6, 6.07) is 7.91. The summed E-state index contributed by atoms with van der Waals surface area (Å²) < 4.78 is 10.1. The third kappa shape index (κ3) is 7.82. The van der Waals surface area contributed by atoms with Crippen LogP contribution < -0.4 is 0 Å². The maximum absolute atomic E-state index is 11.4. The predicted octanol–water partition coefficient (Wildman–Crippen LogP) is 5.01. The van der Waals surface area contributed by atoms with Crippen molar-refractivity contribution >= 4 is 6.16 Å². The van der Waals surface area contributed by atoms with Crippen LogP contribution in [0.2, 0.25) is 0 Å². The Morgan fingerprint density at radius 2 is 1.60 bits per heavy atom. The molecule has 0 aliphatic carbocycles. The number of ether oxygens (including phenoxy) is 2. The van der Waals surface area contributed by atoms with Gasteiger partial charge in [0.15, 0.2) is 0 Å². The lowest BCUT2D eigenvalue weighted by Gasteiger charge is -2.06. The fourth-order valence-corrected chi connectivity index (χ4v) is 1.91. The van der Waals surface area contributed by atoms with Gasteiger partial charge in [0, 0.05) is 0 Å². The molecule has 0 amide bonds. The molecule has 0 aromatic heterocycles. The van der Waals surface area contributed by atoms with Crippen LogP contribution in [0.4, 0.5) is 4.79 Å². The first-order chi connectivity index (χ1) is 9.72. The van der Waals surface area contributed by atoms with Crippen LogP contribution in [0.15, 0.2) is 24.3 Å². The zero-order valence-electron chi connectivity index (χ0n) is 12.7. The normalized spacial score (nSPS) is 10.3. The molecule has 1 aromatic carbocycles. The summed E-state index contributed by atoms with van der Waals surface area (Å²) in [4.78, 5) is 11.4. The number of carbonyl (C=O) groups excluding carboxylic acids is 1. The third-order valence-corrected chi connectivity index (χ3v) is 3.20. The molecule has 1 aromatic rings. The zero-order valence-corrected chi connectivity index (χ0v) is 12.7. The number of carbonyl (C=O) groups is 1. The Morgan fingerprint density at radius 3 is 2.30 bits per heavy atom. The first kappa shape index (κ1) is 16.5. The summed E-state index contributed by atoms with van der Waals surface area (Å²) in [6.45, 7) is 4.96. The summed E-state index contributed by atoms with van der Waals surface area (Å²) in [5.74, 6) is 0. The number of hydrogen-bond donors (Lipinski definition) is 0. The Labute approximate surface area is 122 Å². The van der Waals surface area contributed by atoms with E-state index in [1.165, 1.54) is 31.2 Å². The van der Waals surface area contributed by atoms with Crippen molar-refractivity contribution in [3.63, 3.8) is 0 Å². The van der Waals surface area contributed by atoms with Crippen molar-refractivity contribution in [2.45, 2.75) is 59.0 Å². The fourth-order valence-electron chi connectivity index (χ4n) is 1.91. The van der Waals surface area contributed by atoms with E-state index < -0.39 is 6.16 Å². The molecule has 20 heavy (non-hydrogen) atoms. The highest BCUT2D eigenvalue weighted by Gasteiger charge is 2.04. The summed E-state index contributed by atoms with van der Waals surface area (Å²) in [5, 5.41) is 0. The molecular formula is C17H26O3. The Morgan fingerprint density at radius 1 is 0.950 bits per heavy atom. The molecule has 112 valence electrons. The van der Waals surface area contributed by atoms with Gasteiger partial charge < -0.3 is 9.47 Å². The lowest BCUT2D eigenvalue weighted by atomic mass is 10.1. The van der Waals surface area contributed by atoms with Crippen LogP contribution in [0, 0.1) is 6.92 Å². The van der Waals surface area contributed by atoms with E-state index in [2.05, 4.69) is 6.92 Å². The second kappa shape index (κ2) is 10.3. The molecule has 3 nitrogen and oxygen atoms in total. The molecule has 0 N–H and O–H groups in total. The minimum absolute atomic E-state index is 0.273. The van der Waals surface area contributed by atoms with Crippen molar-refractivity contribution in [2.24, 2.45) is 0 Å². The van der Waals surface area contributed by atoms with E-state index in [4.69, 9.17) is 9.47 Å². The molecular weight excluding hydrogens is 252 g/mol. The van der Waals surface area contributed by atoms with Gasteiger partial charge in [-0.05, 0) is 18.9 Å². The van der Waals surface area contributed by atoms with E-state index in [9.17, 15) is 4.79 Å². The standard InChI is InChI=1S/C17H26O3/c1-3-4-5-6-7-8-13-19-17(18)20-14-16-11-9-15(2)10-12-16/h9-12H,3-8,13-14H2,1-2H3. The fraction of sp³-hybridized carbons (Fsp3) is 0.588. The highest BCUT2D eigenvalue weighted by atomic mass is 16.7. The molecule has 0 radical (unpaired) electrons. The van der Waals surface area contributed by atoms with Gasteiger partial charge in [0.05, 0.1) is 6.61 Å².